The molecule has 0 saturated heterocycles. The van der Waals surface area contributed by atoms with Crippen LogP contribution in [0.15, 0.2) is 18.2 Å². The zero-order valence-corrected chi connectivity index (χ0v) is 8.48. The summed E-state index contributed by atoms with van der Waals surface area (Å²) < 4.78 is 0. The van der Waals surface area contributed by atoms with Crippen molar-refractivity contribution < 1.29 is 4.79 Å². The Balaban J connectivity index is 2.83. The Morgan fingerprint density at radius 3 is 2.31 bits per heavy atom. The molecule has 0 aliphatic rings. The molecule has 0 saturated carbocycles. The van der Waals surface area contributed by atoms with Gasteiger partial charge in [0.1, 0.15) is 5.88 Å². The molecule has 0 radical (unpaired) electrons. The van der Waals surface area contributed by atoms with Crippen molar-refractivity contribution in [2.24, 2.45) is 0 Å². The van der Waals surface area contributed by atoms with E-state index >= 15 is 0 Å². The summed E-state index contributed by atoms with van der Waals surface area (Å²) in [6, 6.07) is 5.88. The number of aryl methyl sites for hydroxylation is 2. The topological polar surface area (TPSA) is 29.1 Å². The van der Waals surface area contributed by atoms with Gasteiger partial charge in [0, 0.05) is 5.69 Å². The summed E-state index contributed by atoms with van der Waals surface area (Å²) in [6.07, 6.45) is 0. The van der Waals surface area contributed by atoms with Crippen LogP contribution in [0.2, 0.25) is 0 Å². The van der Waals surface area contributed by atoms with Gasteiger partial charge in [0.05, 0.1) is 0 Å². The van der Waals surface area contributed by atoms with Crippen molar-refractivity contribution in [1.82, 2.24) is 0 Å². The molecular formula is C10H12ClNO. The molecule has 0 aliphatic heterocycles. The Labute approximate surface area is 82.9 Å². The molecule has 1 rings (SSSR count). The lowest BCUT2D eigenvalue weighted by Crippen LogP contribution is -2.12. The molecule has 2 nitrogen and oxygen atoms in total. The summed E-state index contributed by atoms with van der Waals surface area (Å²) in [5.41, 5.74) is 3.07. The molecular weight excluding hydrogens is 186 g/mol. The van der Waals surface area contributed by atoms with Gasteiger partial charge in [0.2, 0.25) is 5.91 Å². The van der Waals surface area contributed by atoms with Crippen LogP contribution in [0.4, 0.5) is 5.69 Å². The normalized spacial score (nSPS) is 9.77. The lowest BCUT2D eigenvalue weighted by atomic mass is 10.1. The van der Waals surface area contributed by atoms with Crippen LogP contribution in [0, 0.1) is 13.8 Å². The highest BCUT2D eigenvalue weighted by Crippen LogP contribution is 2.13. The standard InChI is InChI=1S/C10H12ClNO/c1-7-3-8(2)5-9(4-7)12-10(13)6-11/h3-5H,6H2,1-2H3,(H,12,13). The third-order valence-electron chi connectivity index (χ3n) is 1.63. The monoisotopic (exact) mass is 197 g/mol. The third-order valence-corrected chi connectivity index (χ3v) is 1.87. The van der Waals surface area contributed by atoms with Gasteiger partial charge in [0.15, 0.2) is 0 Å². The molecule has 0 aromatic heterocycles. The van der Waals surface area contributed by atoms with E-state index in [1.54, 1.807) is 0 Å². The highest BCUT2D eigenvalue weighted by atomic mass is 35.5. The fourth-order valence-corrected chi connectivity index (χ4v) is 1.31. The number of carbonyl (C=O) groups is 1. The van der Waals surface area contributed by atoms with Crippen molar-refractivity contribution in [2.75, 3.05) is 11.2 Å². The predicted molar refractivity (Wildman–Crippen MR) is 55.3 cm³/mol. The van der Waals surface area contributed by atoms with E-state index in [2.05, 4.69) is 11.4 Å². The highest BCUT2D eigenvalue weighted by Gasteiger charge is 2.00. The maximum Gasteiger partial charge on any atom is 0.239 e. The fraction of sp³-hybridized carbons (Fsp3) is 0.300. The first-order chi connectivity index (χ1) is 6.11. The Morgan fingerprint density at radius 1 is 1.31 bits per heavy atom. The largest absolute Gasteiger partial charge is 0.325 e. The van der Waals surface area contributed by atoms with E-state index in [9.17, 15) is 4.79 Å². The number of alkyl halides is 1. The molecule has 0 heterocycles. The van der Waals surface area contributed by atoms with E-state index in [0.29, 0.717) is 0 Å². The van der Waals surface area contributed by atoms with Gasteiger partial charge in [-0.1, -0.05) is 6.07 Å². The maximum absolute atomic E-state index is 11.0. The van der Waals surface area contributed by atoms with E-state index in [1.807, 2.05) is 26.0 Å². The second kappa shape index (κ2) is 4.28. The van der Waals surface area contributed by atoms with E-state index in [-0.39, 0.29) is 11.8 Å². The van der Waals surface area contributed by atoms with Crippen molar-refractivity contribution in [3.8, 4) is 0 Å². The number of carbonyl (C=O) groups excluding carboxylic acids is 1. The van der Waals surface area contributed by atoms with Crippen LogP contribution < -0.4 is 5.32 Å². The quantitative estimate of drug-likeness (QED) is 0.726. The van der Waals surface area contributed by atoms with Gasteiger partial charge >= 0.3 is 0 Å². The van der Waals surface area contributed by atoms with E-state index in [4.69, 9.17) is 11.6 Å². The Kier molecular flexibility index (Phi) is 3.32. The van der Waals surface area contributed by atoms with Gasteiger partial charge in [-0.2, -0.15) is 0 Å². The molecule has 1 aromatic rings. The summed E-state index contributed by atoms with van der Waals surface area (Å²) in [5.74, 6) is -0.181. The summed E-state index contributed by atoms with van der Waals surface area (Å²) in [7, 11) is 0. The number of hydrogen-bond acceptors (Lipinski definition) is 1. The minimum Gasteiger partial charge on any atom is -0.325 e. The lowest BCUT2D eigenvalue weighted by molar-refractivity contribution is -0.113. The molecule has 0 atom stereocenters. The first-order valence-corrected chi connectivity index (χ1v) is 4.59. The smallest absolute Gasteiger partial charge is 0.239 e. The second-order valence-electron chi connectivity index (χ2n) is 3.06. The SMILES string of the molecule is Cc1cc(C)cc(NC(=O)CCl)c1. The molecule has 70 valence electrons. The van der Waals surface area contributed by atoms with E-state index in [0.717, 1.165) is 16.8 Å². The van der Waals surface area contributed by atoms with Gasteiger partial charge in [0.25, 0.3) is 0 Å². The fourth-order valence-electron chi connectivity index (χ4n) is 1.24. The number of benzene rings is 1. The molecule has 0 spiro atoms. The predicted octanol–water partition coefficient (Wildman–Crippen LogP) is 2.48. The third kappa shape index (κ3) is 3.07. The van der Waals surface area contributed by atoms with Crippen LogP contribution in [0.1, 0.15) is 11.1 Å². The summed E-state index contributed by atoms with van der Waals surface area (Å²) >= 11 is 5.37. The van der Waals surface area contributed by atoms with Crippen molar-refractivity contribution in [3.05, 3.63) is 29.3 Å². The number of halogens is 1. The zero-order chi connectivity index (χ0) is 9.84. The van der Waals surface area contributed by atoms with Crippen LogP contribution in [0.3, 0.4) is 0 Å². The number of hydrogen-bond donors (Lipinski definition) is 1. The summed E-state index contributed by atoms with van der Waals surface area (Å²) in [4.78, 5) is 11.0. The first-order valence-electron chi connectivity index (χ1n) is 4.06. The average Bonchev–Trinajstić information content (AvgIpc) is 2.02. The maximum atomic E-state index is 11.0. The summed E-state index contributed by atoms with van der Waals surface area (Å²) in [6.45, 7) is 3.98. The number of nitrogens with one attached hydrogen (secondary N) is 1. The molecule has 0 bridgehead atoms. The summed E-state index contributed by atoms with van der Waals surface area (Å²) in [5, 5.41) is 2.70. The van der Waals surface area contributed by atoms with Crippen molar-refractivity contribution >= 4 is 23.2 Å². The molecule has 0 unspecified atom stereocenters. The van der Waals surface area contributed by atoms with Crippen LogP contribution in [-0.4, -0.2) is 11.8 Å². The van der Waals surface area contributed by atoms with Crippen LogP contribution in [-0.2, 0) is 4.79 Å². The molecule has 1 N–H and O–H groups in total. The van der Waals surface area contributed by atoms with Gasteiger partial charge in [-0.25, -0.2) is 0 Å². The Bertz CT molecular complexity index is 302. The van der Waals surface area contributed by atoms with E-state index in [1.165, 1.54) is 0 Å². The first kappa shape index (κ1) is 10.1. The second-order valence-corrected chi connectivity index (χ2v) is 3.33. The average molecular weight is 198 g/mol. The van der Waals surface area contributed by atoms with Gasteiger partial charge in [-0.15, -0.1) is 11.6 Å². The van der Waals surface area contributed by atoms with Gasteiger partial charge < -0.3 is 5.32 Å². The highest BCUT2D eigenvalue weighted by molar-refractivity contribution is 6.29. The minimum absolute atomic E-state index is 0.00695. The number of rotatable bonds is 2. The van der Waals surface area contributed by atoms with Crippen molar-refractivity contribution in [2.45, 2.75) is 13.8 Å². The molecule has 0 fully saturated rings. The molecule has 13 heavy (non-hydrogen) atoms. The van der Waals surface area contributed by atoms with Crippen molar-refractivity contribution in [1.29, 1.82) is 0 Å². The minimum atomic E-state index is -0.174. The number of anilines is 1. The molecule has 3 heteroatoms. The Morgan fingerprint density at radius 2 is 1.85 bits per heavy atom. The van der Waals surface area contributed by atoms with Crippen LogP contribution in [0.25, 0.3) is 0 Å². The van der Waals surface area contributed by atoms with E-state index < -0.39 is 0 Å². The molecule has 1 aromatic carbocycles. The molecule has 0 aliphatic carbocycles. The van der Waals surface area contributed by atoms with Crippen molar-refractivity contribution in [3.63, 3.8) is 0 Å². The van der Waals surface area contributed by atoms with Crippen LogP contribution >= 0.6 is 11.6 Å². The van der Waals surface area contributed by atoms with Gasteiger partial charge in [-0.05, 0) is 37.1 Å². The zero-order valence-electron chi connectivity index (χ0n) is 7.73. The Hall–Kier alpha value is -1.02. The van der Waals surface area contributed by atoms with Crippen LogP contribution in [0.5, 0.6) is 0 Å². The number of amides is 1. The molecule has 1 amide bonds. The van der Waals surface area contributed by atoms with Gasteiger partial charge in [-0.3, -0.25) is 4.79 Å². The lowest BCUT2D eigenvalue weighted by Gasteiger charge is -2.05.